The summed E-state index contributed by atoms with van der Waals surface area (Å²) in [7, 11) is -1.06. The van der Waals surface area contributed by atoms with E-state index in [4.69, 9.17) is 23.5 Å². The average molecular weight is 631 g/mol. The molecule has 0 atom stereocenters. The number of hydrogen-bond acceptors (Lipinski definition) is 3. The first-order chi connectivity index (χ1) is 15.1. The molecular weight excluding hydrogens is 610 g/mol. The molecule has 0 radical (unpaired) electrons. The molecule has 0 aromatic heterocycles. The predicted molar refractivity (Wildman–Crippen MR) is 133 cm³/mol. The molecule has 0 spiro atoms. The van der Waals surface area contributed by atoms with Crippen LogP contribution in [0, 0.1) is 12.7 Å². The summed E-state index contributed by atoms with van der Waals surface area (Å²) in [6.45, 7) is 6.84. The van der Waals surface area contributed by atoms with Crippen molar-refractivity contribution in [3.05, 3.63) is 127 Å². The summed E-state index contributed by atoms with van der Waals surface area (Å²) >= 11 is 4.79. The molecule has 0 aliphatic rings. The summed E-state index contributed by atoms with van der Waals surface area (Å²) in [5, 5.41) is 6.44. The first-order valence-corrected chi connectivity index (χ1v) is 11.8. The van der Waals surface area contributed by atoms with Crippen LogP contribution >= 0.6 is 19.5 Å². The maximum absolute atomic E-state index is 11.8. The molecular formula is C27H21O2OsPS-2. The Bertz CT molecular complexity index is 1010. The maximum Gasteiger partial charge on any atom is 0.164 e. The molecule has 0 unspecified atom stereocenters. The van der Waals surface area contributed by atoms with Gasteiger partial charge in [0, 0.05) is 19.8 Å². The van der Waals surface area contributed by atoms with Crippen LogP contribution in [-0.4, -0.2) is 18.4 Å². The van der Waals surface area contributed by atoms with Crippen LogP contribution in [-0.2, 0) is 29.3 Å². The Morgan fingerprint density at radius 1 is 0.875 bits per heavy atom. The topological polar surface area (TPSA) is 26.3 Å². The van der Waals surface area contributed by atoms with E-state index in [1.54, 1.807) is 6.08 Å². The third kappa shape index (κ3) is 5.46. The zero-order valence-corrected chi connectivity index (χ0v) is 21.7. The third-order valence-corrected chi connectivity index (χ3v) is 9.13. The minimum atomic E-state index is -2.36. The van der Waals surface area contributed by atoms with Gasteiger partial charge in [-0.25, -0.2) is 5.57 Å². The van der Waals surface area contributed by atoms with Crippen LogP contribution in [0.5, 0.6) is 0 Å². The number of carbonyl (C=O) groups excluding carboxylic acids is 1. The SMILES string of the molecule is [CH-]=C(C=[C-]/C=C(\[C-]=S)C(=O)OC)[P+](c1ccccc1)(c1ccccc1)c1ccccc1.[Os]. The van der Waals surface area contributed by atoms with Gasteiger partial charge in [-0.05, 0) is 36.4 Å². The Kier molecular flexibility index (Phi) is 10.1. The molecule has 3 aromatic rings. The van der Waals surface area contributed by atoms with Crippen molar-refractivity contribution in [1.82, 2.24) is 0 Å². The van der Waals surface area contributed by atoms with Gasteiger partial charge in [0.15, 0.2) is 5.97 Å². The van der Waals surface area contributed by atoms with Gasteiger partial charge in [0.05, 0.1) is 30.3 Å². The van der Waals surface area contributed by atoms with Gasteiger partial charge in [-0.15, -0.1) is 0 Å². The van der Waals surface area contributed by atoms with Gasteiger partial charge < -0.3 is 22.2 Å². The van der Waals surface area contributed by atoms with E-state index in [9.17, 15) is 4.79 Å². The summed E-state index contributed by atoms with van der Waals surface area (Å²) in [6.07, 6.45) is 6.18. The summed E-state index contributed by atoms with van der Waals surface area (Å²) in [5.41, 5.74) is 0.115. The molecule has 0 aliphatic heterocycles. The smallest absolute Gasteiger partial charge is 0.164 e. The molecule has 0 saturated carbocycles. The zero-order valence-electron chi connectivity index (χ0n) is 17.4. The van der Waals surface area contributed by atoms with Crippen LogP contribution in [0.4, 0.5) is 0 Å². The second-order valence-corrected chi connectivity index (χ2v) is 10.2. The van der Waals surface area contributed by atoms with Crippen LogP contribution in [0.3, 0.4) is 0 Å². The minimum Gasteiger partial charge on any atom is -0.531 e. The molecule has 0 heterocycles. The number of methoxy groups -OCH3 is 1. The first-order valence-electron chi connectivity index (χ1n) is 9.59. The van der Waals surface area contributed by atoms with E-state index in [0.717, 1.165) is 15.9 Å². The first kappa shape index (κ1) is 25.8. The Balaban J connectivity index is 0.00000363. The van der Waals surface area contributed by atoms with Gasteiger partial charge in [-0.1, -0.05) is 54.6 Å². The Morgan fingerprint density at radius 2 is 1.28 bits per heavy atom. The number of benzene rings is 3. The maximum atomic E-state index is 11.8. The molecule has 3 aromatic carbocycles. The minimum absolute atomic E-state index is 0. The molecule has 0 N–H and O–H groups in total. The van der Waals surface area contributed by atoms with Crippen molar-refractivity contribution in [3.63, 3.8) is 0 Å². The van der Waals surface area contributed by atoms with E-state index in [1.165, 1.54) is 13.2 Å². The number of rotatable bonds is 8. The van der Waals surface area contributed by atoms with E-state index in [-0.39, 0.29) is 25.4 Å². The summed E-state index contributed by atoms with van der Waals surface area (Å²) in [5.74, 6) is -0.565. The van der Waals surface area contributed by atoms with Gasteiger partial charge in [0.2, 0.25) is 0 Å². The second kappa shape index (κ2) is 12.5. The van der Waals surface area contributed by atoms with Gasteiger partial charge in [-0.2, -0.15) is 22.9 Å². The fourth-order valence-electron chi connectivity index (χ4n) is 3.40. The fraction of sp³-hybridized carbons (Fsp3) is 0.0370. The van der Waals surface area contributed by atoms with E-state index in [0.29, 0.717) is 5.31 Å². The molecule has 0 fully saturated rings. The molecule has 0 aliphatic carbocycles. The van der Waals surface area contributed by atoms with Crippen molar-refractivity contribution in [2.24, 2.45) is 0 Å². The van der Waals surface area contributed by atoms with Crippen LogP contribution in [0.2, 0.25) is 0 Å². The monoisotopic (exact) mass is 632 g/mol. The molecule has 32 heavy (non-hydrogen) atoms. The van der Waals surface area contributed by atoms with E-state index in [2.05, 4.69) is 47.8 Å². The average Bonchev–Trinajstić information content (AvgIpc) is 2.84. The van der Waals surface area contributed by atoms with Crippen LogP contribution < -0.4 is 15.9 Å². The normalized spacial score (nSPS) is 11.5. The Labute approximate surface area is 209 Å². The molecule has 0 bridgehead atoms. The van der Waals surface area contributed by atoms with Crippen molar-refractivity contribution in [3.8, 4) is 0 Å². The number of thiocarbonyl (C=S) groups is 1. The van der Waals surface area contributed by atoms with Crippen LogP contribution in [0.15, 0.2) is 114 Å². The second-order valence-electron chi connectivity index (χ2n) is 6.56. The van der Waals surface area contributed by atoms with Gasteiger partial charge in [0.25, 0.3) is 0 Å². The molecule has 5 heteroatoms. The molecule has 3 rings (SSSR count). The number of esters is 1. The van der Waals surface area contributed by atoms with E-state index < -0.39 is 13.2 Å². The van der Waals surface area contributed by atoms with Crippen molar-refractivity contribution in [2.75, 3.05) is 7.11 Å². The molecule has 0 saturated heterocycles. The van der Waals surface area contributed by atoms with Crippen molar-refractivity contribution in [2.45, 2.75) is 0 Å². The van der Waals surface area contributed by atoms with Gasteiger partial charge in [0.1, 0.15) is 0 Å². The van der Waals surface area contributed by atoms with Crippen LogP contribution in [0.25, 0.3) is 0 Å². The predicted octanol–water partition coefficient (Wildman–Crippen LogP) is 4.63. The molecule has 2 nitrogen and oxygen atoms in total. The van der Waals surface area contributed by atoms with E-state index >= 15 is 0 Å². The quantitative estimate of drug-likeness (QED) is 0.0908. The summed E-state index contributed by atoms with van der Waals surface area (Å²) in [6, 6.07) is 30.7. The summed E-state index contributed by atoms with van der Waals surface area (Å²) < 4.78 is 4.71. The van der Waals surface area contributed by atoms with Crippen molar-refractivity contribution in [1.29, 1.82) is 0 Å². The number of ether oxygens (including phenoxy) is 1. The largest absolute Gasteiger partial charge is 0.531 e. The number of allylic oxidation sites excluding steroid dienone is 4. The van der Waals surface area contributed by atoms with E-state index in [1.807, 2.05) is 54.6 Å². The third-order valence-electron chi connectivity index (χ3n) is 4.79. The zero-order chi connectivity index (χ0) is 22.1. The molecule has 162 valence electrons. The van der Waals surface area contributed by atoms with Gasteiger partial charge in [-0.3, -0.25) is 12.2 Å². The number of carbonyl (C=O) groups is 1. The van der Waals surface area contributed by atoms with Crippen molar-refractivity contribution >= 4 is 46.7 Å². The van der Waals surface area contributed by atoms with Crippen molar-refractivity contribution < 1.29 is 29.3 Å². The van der Waals surface area contributed by atoms with Gasteiger partial charge >= 0.3 is 0 Å². The Morgan fingerprint density at radius 3 is 1.62 bits per heavy atom. The Hall–Kier alpha value is -2.49. The van der Waals surface area contributed by atoms with Crippen LogP contribution in [0.1, 0.15) is 0 Å². The molecule has 0 amide bonds. The summed E-state index contributed by atoms with van der Waals surface area (Å²) in [4.78, 5) is 11.8. The number of hydrogen-bond donors (Lipinski definition) is 0. The standard InChI is InChI=1S/C27H21O2PS.Os/c1-22(13-12-14-23(21-31)27(28)29-2)30(24-15-6-3-7-16-24,25-17-8-4-9-18-25)26-19-10-5-11-20-26;/h1,3-11,13-20H,2H3;/q-2;/b23-14+;. The fourth-order valence-corrected chi connectivity index (χ4v) is 7.45.